The molecule has 18 heavy (non-hydrogen) atoms. The lowest BCUT2D eigenvalue weighted by Gasteiger charge is -2.48. The lowest BCUT2D eigenvalue weighted by atomic mass is 9.71. The number of hydrogen-bond donors (Lipinski definition) is 1. The van der Waals surface area contributed by atoms with Crippen molar-refractivity contribution < 1.29 is 9.84 Å². The van der Waals surface area contributed by atoms with Gasteiger partial charge in [-0.1, -0.05) is 12.8 Å². The highest BCUT2D eigenvalue weighted by atomic mass is 16.5. The molecule has 2 saturated heterocycles. The minimum Gasteiger partial charge on any atom is -0.390 e. The first-order chi connectivity index (χ1) is 8.76. The van der Waals surface area contributed by atoms with E-state index in [9.17, 15) is 5.11 Å². The molecule has 0 aromatic rings. The van der Waals surface area contributed by atoms with E-state index in [-0.39, 0.29) is 5.60 Å². The van der Waals surface area contributed by atoms with Gasteiger partial charge in [0, 0.05) is 38.8 Å². The van der Waals surface area contributed by atoms with E-state index in [4.69, 9.17) is 4.74 Å². The van der Waals surface area contributed by atoms with Crippen molar-refractivity contribution >= 4 is 0 Å². The highest BCUT2D eigenvalue weighted by molar-refractivity contribution is 4.95. The van der Waals surface area contributed by atoms with Gasteiger partial charge < -0.3 is 14.7 Å². The molecule has 3 nitrogen and oxygen atoms in total. The van der Waals surface area contributed by atoms with Gasteiger partial charge in [0.15, 0.2) is 0 Å². The summed E-state index contributed by atoms with van der Waals surface area (Å²) in [6, 6.07) is 0. The standard InChI is InChI=1S/C15H27NO2/c17-15-6-2-1-3-14(15)12-16(8-7-15)11-13-4-9-18-10-5-13/h13-14,17H,1-12H2. The molecule has 1 aliphatic carbocycles. The first-order valence-electron chi connectivity index (χ1n) is 7.79. The third-order valence-electron chi connectivity index (χ3n) is 5.37. The lowest BCUT2D eigenvalue weighted by Crippen LogP contribution is -2.54. The Morgan fingerprint density at radius 3 is 2.78 bits per heavy atom. The van der Waals surface area contributed by atoms with Gasteiger partial charge in [0.25, 0.3) is 0 Å². The number of hydrogen-bond acceptors (Lipinski definition) is 3. The maximum Gasteiger partial charge on any atom is 0.0700 e. The number of fused-ring (bicyclic) bond motifs is 1. The Kier molecular flexibility index (Phi) is 3.92. The molecule has 3 fully saturated rings. The summed E-state index contributed by atoms with van der Waals surface area (Å²) in [5.74, 6) is 1.37. The van der Waals surface area contributed by atoms with E-state index in [1.54, 1.807) is 0 Å². The summed E-state index contributed by atoms with van der Waals surface area (Å²) in [5, 5.41) is 10.7. The smallest absolute Gasteiger partial charge is 0.0700 e. The molecule has 2 aliphatic heterocycles. The van der Waals surface area contributed by atoms with Crippen molar-refractivity contribution in [1.29, 1.82) is 0 Å². The summed E-state index contributed by atoms with van der Waals surface area (Å²) in [6.45, 7) is 5.37. The zero-order valence-corrected chi connectivity index (χ0v) is 11.4. The second-order valence-corrected chi connectivity index (χ2v) is 6.61. The van der Waals surface area contributed by atoms with Crippen LogP contribution in [0.15, 0.2) is 0 Å². The Morgan fingerprint density at radius 2 is 1.94 bits per heavy atom. The van der Waals surface area contributed by atoms with Crippen molar-refractivity contribution in [2.24, 2.45) is 11.8 Å². The van der Waals surface area contributed by atoms with Gasteiger partial charge in [-0.3, -0.25) is 0 Å². The summed E-state index contributed by atoms with van der Waals surface area (Å²) in [6.07, 6.45) is 8.28. The van der Waals surface area contributed by atoms with Crippen LogP contribution in [0, 0.1) is 11.8 Å². The van der Waals surface area contributed by atoms with Crippen LogP contribution in [0.2, 0.25) is 0 Å². The number of piperidine rings is 1. The van der Waals surface area contributed by atoms with Crippen LogP contribution in [0.3, 0.4) is 0 Å². The van der Waals surface area contributed by atoms with Crippen molar-refractivity contribution in [3.8, 4) is 0 Å². The van der Waals surface area contributed by atoms with Crippen LogP contribution in [0.4, 0.5) is 0 Å². The van der Waals surface area contributed by atoms with Gasteiger partial charge in [-0.25, -0.2) is 0 Å². The fourth-order valence-corrected chi connectivity index (χ4v) is 4.10. The molecule has 1 saturated carbocycles. The molecule has 0 aromatic carbocycles. The molecule has 3 aliphatic rings. The molecule has 3 heteroatoms. The maximum absolute atomic E-state index is 10.7. The highest BCUT2D eigenvalue weighted by Gasteiger charge is 2.42. The molecule has 0 radical (unpaired) electrons. The topological polar surface area (TPSA) is 32.7 Å². The quantitative estimate of drug-likeness (QED) is 0.817. The summed E-state index contributed by atoms with van der Waals surface area (Å²) in [4.78, 5) is 2.61. The second-order valence-electron chi connectivity index (χ2n) is 6.61. The van der Waals surface area contributed by atoms with Crippen molar-refractivity contribution in [1.82, 2.24) is 4.90 Å². The normalized spacial score (nSPS) is 39.5. The van der Waals surface area contributed by atoms with Crippen molar-refractivity contribution in [3.63, 3.8) is 0 Å². The molecule has 2 atom stereocenters. The van der Waals surface area contributed by atoms with Crippen molar-refractivity contribution in [2.45, 2.75) is 50.5 Å². The van der Waals surface area contributed by atoms with Crippen LogP contribution in [0.5, 0.6) is 0 Å². The van der Waals surface area contributed by atoms with Crippen molar-refractivity contribution in [3.05, 3.63) is 0 Å². The largest absolute Gasteiger partial charge is 0.390 e. The fraction of sp³-hybridized carbons (Fsp3) is 1.00. The Bertz CT molecular complexity index is 278. The SMILES string of the molecule is OC12CCCCC1CN(CC1CCOCC1)CC2. The molecule has 1 N–H and O–H groups in total. The van der Waals surface area contributed by atoms with Gasteiger partial charge >= 0.3 is 0 Å². The summed E-state index contributed by atoms with van der Waals surface area (Å²) in [7, 11) is 0. The van der Waals surface area contributed by atoms with Gasteiger partial charge in [0.05, 0.1) is 5.60 Å². The van der Waals surface area contributed by atoms with E-state index >= 15 is 0 Å². The summed E-state index contributed by atoms with van der Waals surface area (Å²) in [5.41, 5.74) is -0.315. The van der Waals surface area contributed by atoms with Crippen LogP contribution in [-0.4, -0.2) is 48.5 Å². The number of aliphatic hydroxyl groups is 1. The van der Waals surface area contributed by atoms with E-state index in [0.717, 1.165) is 45.1 Å². The Balaban J connectivity index is 1.53. The number of rotatable bonds is 2. The first-order valence-corrected chi connectivity index (χ1v) is 7.79. The minimum absolute atomic E-state index is 0.315. The van der Waals surface area contributed by atoms with E-state index in [2.05, 4.69) is 4.90 Å². The van der Waals surface area contributed by atoms with Gasteiger partial charge in [-0.05, 0) is 38.0 Å². The van der Waals surface area contributed by atoms with Gasteiger partial charge in [0.1, 0.15) is 0 Å². The molecule has 3 rings (SSSR count). The predicted octanol–water partition coefficient (Wildman–Crippen LogP) is 2.04. The highest BCUT2D eigenvalue weighted by Crippen LogP contribution is 2.40. The summed E-state index contributed by atoms with van der Waals surface area (Å²) >= 11 is 0. The minimum atomic E-state index is -0.315. The third-order valence-corrected chi connectivity index (χ3v) is 5.37. The zero-order chi connectivity index (χ0) is 12.4. The number of likely N-dealkylation sites (tertiary alicyclic amines) is 1. The van der Waals surface area contributed by atoms with E-state index in [1.165, 1.54) is 38.6 Å². The maximum atomic E-state index is 10.7. The van der Waals surface area contributed by atoms with E-state index < -0.39 is 0 Å². The lowest BCUT2D eigenvalue weighted by molar-refractivity contribution is -0.0989. The van der Waals surface area contributed by atoms with Gasteiger partial charge in [-0.2, -0.15) is 0 Å². The molecule has 0 spiro atoms. The molecule has 0 amide bonds. The van der Waals surface area contributed by atoms with Crippen LogP contribution in [0.25, 0.3) is 0 Å². The van der Waals surface area contributed by atoms with Crippen molar-refractivity contribution in [2.75, 3.05) is 32.8 Å². The van der Waals surface area contributed by atoms with Crippen LogP contribution in [0.1, 0.15) is 44.9 Å². The average molecular weight is 253 g/mol. The molecular weight excluding hydrogens is 226 g/mol. The number of nitrogens with zero attached hydrogens (tertiary/aromatic N) is 1. The average Bonchev–Trinajstić information content (AvgIpc) is 2.40. The van der Waals surface area contributed by atoms with Crippen LogP contribution in [-0.2, 0) is 4.74 Å². The third kappa shape index (κ3) is 2.73. The zero-order valence-electron chi connectivity index (χ0n) is 11.4. The Hall–Kier alpha value is -0.120. The van der Waals surface area contributed by atoms with E-state index in [0.29, 0.717) is 5.92 Å². The fourth-order valence-electron chi connectivity index (χ4n) is 4.10. The van der Waals surface area contributed by atoms with E-state index in [1.807, 2.05) is 0 Å². The van der Waals surface area contributed by atoms with Crippen LogP contribution < -0.4 is 0 Å². The van der Waals surface area contributed by atoms with Crippen LogP contribution >= 0.6 is 0 Å². The monoisotopic (exact) mass is 253 g/mol. The Morgan fingerprint density at radius 1 is 1.11 bits per heavy atom. The molecule has 0 bridgehead atoms. The predicted molar refractivity (Wildman–Crippen MR) is 71.5 cm³/mol. The molecular formula is C15H27NO2. The molecule has 0 aromatic heterocycles. The molecule has 2 heterocycles. The van der Waals surface area contributed by atoms with Gasteiger partial charge in [-0.15, -0.1) is 0 Å². The Labute approximate surface area is 110 Å². The summed E-state index contributed by atoms with van der Waals surface area (Å²) < 4.78 is 5.43. The first kappa shape index (κ1) is 12.9. The van der Waals surface area contributed by atoms with Gasteiger partial charge in [0.2, 0.25) is 0 Å². The second kappa shape index (κ2) is 5.48. The number of ether oxygens (including phenoxy) is 1. The molecule has 104 valence electrons. The molecule has 2 unspecified atom stereocenters.